The number of aromatic carboxylic acids is 1. The van der Waals surface area contributed by atoms with Crippen LogP contribution in [-0.2, 0) is 6.54 Å². The lowest BCUT2D eigenvalue weighted by atomic mass is 10.0. The van der Waals surface area contributed by atoms with E-state index in [9.17, 15) is 9.90 Å². The van der Waals surface area contributed by atoms with Crippen LogP contribution in [0, 0.1) is 6.92 Å². The van der Waals surface area contributed by atoms with Crippen LogP contribution in [0.4, 0.5) is 0 Å². The molecule has 3 N–H and O–H groups in total. The summed E-state index contributed by atoms with van der Waals surface area (Å²) in [5.41, 5.74) is 2.70. The SMILES string of the molecule is Cc1cc(C(=O)O)cc2c(C(C)O)cn(CCCO)c12. The third kappa shape index (κ3) is 2.55. The average Bonchev–Trinajstić information content (AvgIpc) is 2.75. The average molecular weight is 277 g/mol. The Morgan fingerprint density at radius 1 is 1.40 bits per heavy atom. The third-order valence-corrected chi connectivity index (χ3v) is 3.45. The maximum Gasteiger partial charge on any atom is 0.335 e. The van der Waals surface area contributed by atoms with Crippen molar-refractivity contribution in [2.24, 2.45) is 0 Å². The first-order valence-electron chi connectivity index (χ1n) is 6.61. The zero-order valence-electron chi connectivity index (χ0n) is 11.6. The molecule has 0 fully saturated rings. The largest absolute Gasteiger partial charge is 0.478 e. The molecule has 1 aromatic carbocycles. The first kappa shape index (κ1) is 14.6. The van der Waals surface area contributed by atoms with E-state index in [1.807, 2.05) is 17.7 Å². The van der Waals surface area contributed by atoms with Gasteiger partial charge in [0.2, 0.25) is 0 Å². The maximum atomic E-state index is 11.2. The molecule has 2 aromatic rings. The predicted octanol–water partition coefficient (Wildman–Crippen LogP) is 2.08. The highest BCUT2D eigenvalue weighted by molar-refractivity contribution is 5.96. The van der Waals surface area contributed by atoms with Gasteiger partial charge in [-0.2, -0.15) is 0 Å². The van der Waals surface area contributed by atoms with Gasteiger partial charge in [-0.15, -0.1) is 0 Å². The van der Waals surface area contributed by atoms with Crippen LogP contribution >= 0.6 is 0 Å². The van der Waals surface area contributed by atoms with Gasteiger partial charge in [0.1, 0.15) is 0 Å². The third-order valence-electron chi connectivity index (χ3n) is 3.45. The van der Waals surface area contributed by atoms with E-state index in [-0.39, 0.29) is 12.2 Å². The topological polar surface area (TPSA) is 82.7 Å². The Kier molecular flexibility index (Phi) is 4.11. The number of benzene rings is 1. The van der Waals surface area contributed by atoms with Crippen molar-refractivity contribution >= 4 is 16.9 Å². The number of hydrogen-bond acceptors (Lipinski definition) is 3. The maximum absolute atomic E-state index is 11.2. The van der Waals surface area contributed by atoms with Gasteiger partial charge in [-0.05, 0) is 38.0 Å². The number of aliphatic hydroxyl groups excluding tert-OH is 2. The fraction of sp³-hybridized carbons (Fsp3) is 0.400. The van der Waals surface area contributed by atoms with Gasteiger partial charge >= 0.3 is 5.97 Å². The molecular formula is C15H19NO4. The van der Waals surface area contributed by atoms with Crippen LogP contribution in [0.1, 0.15) is 40.9 Å². The van der Waals surface area contributed by atoms with Crippen LogP contribution in [0.15, 0.2) is 18.3 Å². The molecule has 1 unspecified atom stereocenters. The van der Waals surface area contributed by atoms with Crippen molar-refractivity contribution < 1.29 is 20.1 Å². The standard InChI is InChI=1S/C15H19NO4/c1-9-6-11(15(19)20)7-12-13(10(2)18)8-16(14(9)12)4-3-5-17/h6-8,10,17-18H,3-5H2,1-2H3,(H,19,20). The highest BCUT2D eigenvalue weighted by atomic mass is 16.4. The molecule has 0 spiro atoms. The van der Waals surface area contributed by atoms with Gasteiger partial charge in [-0.3, -0.25) is 0 Å². The van der Waals surface area contributed by atoms with Crippen molar-refractivity contribution in [2.45, 2.75) is 32.9 Å². The minimum atomic E-state index is -0.977. The number of carboxylic acid groups (broad SMARTS) is 1. The van der Waals surface area contributed by atoms with Crippen molar-refractivity contribution in [1.29, 1.82) is 0 Å². The molecule has 0 aliphatic rings. The lowest BCUT2D eigenvalue weighted by Crippen LogP contribution is -2.01. The molecular weight excluding hydrogens is 258 g/mol. The second-order valence-corrected chi connectivity index (χ2v) is 5.03. The van der Waals surface area contributed by atoms with Crippen molar-refractivity contribution in [1.82, 2.24) is 4.57 Å². The fourth-order valence-electron chi connectivity index (χ4n) is 2.56. The molecule has 20 heavy (non-hydrogen) atoms. The quantitative estimate of drug-likeness (QED) is 0.781. The molecule has 0 radical (unpaired) electrons. The van der Waals surface area contributed by atoms with Crippen LogP contribution < -0.4 is 0 Å². The summed E-state index contributed by atoms with van der Waals surface area (Å²) in [5.74, 6) is -0.977. The summed E-state index contributed by atoms with van der Waals surface area (Å²) in [4.78, 5) is 11.2. The number of aliphatic hydroxyl groups is 2. The van der Waals surface area contributed by atoms with E-state index in [1.165, 1.54) is 0 Å². The Bertz CT molecular complexity index is 643. The summed E-state index contributed by atoms with van der Waals surface area (Å²) in [6.07, 6.45) is 1.78. The van der Waals surface area contributed by atoms with Gasteiger partial charge in [0.15, 0.2) is 0 Å². The van der Waals surface area contributed by atoms with Gasteiger partial charge in [0.25, 0.3) is 0 Å². The second kappa shape index (κ2) is 5.64. The van der Waals surface area contributed by atoms with Crippen molar-refractivity contribution in [3.63, 3.8) is 0 Å². The number of nitrogens with zero attached hydrogens (tertiary/aromatic N) is 1. The Morgan fingerprint density at radius 3 is 2.65 bits per heavy atom. The number of hydrogen-bond donors (Lipinski definition) is 3. The molecule has 0 bridgehead atoms. The molecule has 1 aromatic heterocycles. The monoisotopic (exact) mass is 277 g/mol. The van der Waals surface area contributed by atoms with Crippen LogP contribution in [-0.4, -0.2) is 32.5 Å². The van der Waals surface area contributed by atoms with Crippen LogP contribution in [0.2, 0.25) is 0 Å². The summed E-state index contributed by atoms with van der Waals surface area (Å²) in [6, 6.07) is 3.23. The first-order chi connectivity index (χ1) is 9.45. The van der Waals surface area contributed by atoms with Crippen LogP contribution in [0.5, 0.6) is 0 Å². The van der Waals surface area contributed by atoms with E-state index in [1.54, 1.807) is 19.1 Å². The molecule has 0 saturated carbocycles. The molecule has 1 atom stereocenters. The predicted molar refractivity (Wildman–Crippen MR) is 76.0 cm³/mol. The molecule has 1 heterocycles. The van der Waals surface area contributed by atoms with Crippen molar-refractivity contribution in [3.8, 4) is 0 Å². The van der Waals surface area contributed by atoms with Crippen molar-refractivity contribution in [3.05, 3.63) is 35.0 Å². The fourth-order valence-corrected chi connectivity index (χ4v) is 2.56. The minimum Gasteiger partial charge on any atom is -0.478 e. The molecule has 0 amide bonds. The van der Waals surface area contributed by atoms with Crippen LogP contribution in [0.25, 0.3) is 10.9 Å². The highest BCUT2D eigenvalue weighted by Gasteiger charge is 2.16. The van der Waals surface area contributed by atoms with E-state index in [2.05, 4.69) is 0 Å². The zero-order valence-corrected chi connectivity index (χ0v) is 11.6. The molecule has 0 saturated heterocycles. The van der Waals surface area contributed by atoms with Gasteiger partial charge in [0, 0.05) is 30.3 Å². The Labute approximate surface area is 117 Å². The summed E-state index contributed by atoms with van der Waals surface area (Å²) < 4.78 is 1.97. The molecule has 5 nitrogen and oxygen atoms in total. The summed E-state index contributed by atoms with van der Waals surface area (Å²) in [6.45, 7) is 4.24. The normalized spacial score (nSPS) is 12.8. The molecule has 108 valence electrons. The number of fused-ring (bicyclic) bond motifs is 1. The number of rotatable bonds is 5. The lowest BCUT2D eigenvalue weighted by Gasteiger charge is -2.07. The summed E-state index contributed by atoms with van der Waals surface area (Å²) in [7, 11) is 0. The van der Waals surface area contributed by atoms with Crippen molar-refractivity contribution in [2.75, 3.05) is 6.61 Å². The first-order valence-corrected chi connectivity index (χ1v) is 6.61. The number of aryl methyl sites for hydroxylation is 2. The van der Waals surface area contributed by atoms with E-state index in [4.69, 9.17) is 10.2 Å². The van der Waals surface area contributed by atoms with E-state index in [0.717, 1.165) is 16.5 Å². The Morgan fingerprint density at radius 2 is 2.10 bits per heavy atom. The molecule has 5 heteroatoms. The molecule has 0 aliphatic heterocycles. The zero-order chi connectivity index (χ0) is 14.9. The Balaban J connectivity index is 2.69. The van der Waals surface area contributed by atoms with Gasteiger partial charge in [0.05, 0.1) is 17.2 Å². The summed E-state index contributed by atoms with van der Waals surface area (Å²) in [5, 5.41) is 28.7. The lowest BCUT2D eigenvalue weighted by molar-refractivity contribution is 0.0697. The van der Waals surface area contributed by atoms with E-state index in [0.29, 0.717) is 18.5 Å². The number of aromatic nitrogens is 1. The smallest absolute Gasteiger partial charge is 0.335 e. The van der Waals surface area contributed by atoms with E-state index >= 15 is 0 Å². The number of carbonyl (C=O) groups is 1. The number of carboxylic acids is 1. The van der Waals surface area contributed by atoms with Gasteiger partial charge in [-0.1, -0.05) is 0 Å². The van der Waals surface area contributed by atoms with Crippen LogP contribution in [0.3, 0.4) is 0 Å². The highest BCUT2D eigenvalue weighted by Crippen LogP contribution is 2.30. The minimum absolute atomic E-state index is 0.0932. The molecule has 2 rings (SSSR count). The van der Waals surface area contributed by atoms with E-state index < -0.39 is 12.1 Å². The van der Waals surface area contributed by atoms with Gasteiger partial charge in [-0.25, -0.2) is 4.79 Å². The molecule has 0 aliphatic carbocycles. The summed E-state index contributed by atoms with van der Waals surface area (Å²) >= 11 is 0. The Hall–Kier alpha value is -1.85. The second-order valence-electron chi connectivity index (χ2n) is 5.03. The van der Waals surface area contributed by atoms with Gasteiger partial charge < -0.3 is 19.9 Å².